The van der Waals surface area contributed by atoms with Crippen LogP contribution in [0.15, 0.2) is 24.3 Å². The number of hydrogen-bond acceptors (Lipinski definition) is 3. The molecule has 7 heteroatoms. The number of imide groups is 1. The van der Waals surface area contributed by atoms with E-state index in [4.69, 9.17) is 0 Å². The quantitative estimate of drug-likeness (QED) is 0.621. The second kappa shape index (κ2) is 6.48. The molecule has 0 bridgehead atoms. The van der Waals surface area contributed by atoms with Gasteiger partial charge in [0.15, 0.2) is 6.67 Å². The van der Waals surface area contributed by atoms with E-state index >= 15 is 0 Å². The van der Waals surface area contributed by atoms with E-state index in [9.17, 15) is 14.4 Å². The lowest BCUT2D eigenvalue weighted by Crippen LogP contribution is -3.09. The van der Waals surface area contributed by atoms with Crippen molar-refractivity contribution in [3.8, 4) is 0 Å². The fourth-order valence-corrected chi connectivity index (χ4v) is 3.39. The van der Waals surface area contributed by atoms with Gasteiger partial charge >= 0.3 is 6.03 Å². The molecule has 3 N–H and O–H groups in total. The molecule has 2 atom stereocenters. The van der Waals surface area contributed by atoms with Gasteiger partial charge in [-0.1, -0.05) is 12.1 Å². The standard InChI is InChI=1S/C18H24N4O3/c1-18(14-8-9-14)16(24)22(17(25)20-18)11-21(3)10-12-4-6-13(7-5-12)15(23)19-2/h4-7,14H,8-11H2,1-3H3,(H,19,23)(H,20,25)/p+1/t18-/m1/s1. The molecule has 0 spiro atoms. The zero-order valence-electron chi connectivity index (χ0n) is 14.9. The topological polar surface area (TPSA) is 82.9 Å². The molecular formula is C18H25N4O3+. The Balaban J connectivity index is 1.60. The van der Waals surface area contributed by atoms with E-state index in [1.807, 2.05) is 26.1 Å². The Bertz CT molecular complexity index is 699. The number of carbonyl (C=O) groups excluding carboxylic acids is 3. The summed E-state index contributed by atoms with van der Waals surface area (Å²) in [6.07, 6.45) is 1.99. The number of hydrogen-bond donors (Lipinski definition) is 3. The zero-order valence-corrected chi connectivity index (χ0v) is 14.9. The fraction of sp³-hybridized carbons (Fsp3) is 0.500. The predicted octanol–water partition coefficient (Wildman–Crippen LogP) is -0.261. The smallest absolute Gasteiger partial charge is 0.329 e. The molecule has 1 aromatic rings. The van der Waals surface area contributed by atoms with E-state index in [0.717, 1.165) is 23.3 Å². The Morgan fingerprint density at radius 1 is 1.32 bits per heavy atom. The Kier molecular flexibility index (Phi) is 4.51. The van der Waals surface area contributed by atoms with Gasteiger partial charge in [0, 0.05) is 18.2 Å². The summed E-state index contributed by atoms with van der Waals surface area (Å²) in [4.78, 5) is 38.8. The van der Waals surface area contributed by atoms with Crippen LogP contribution in [0.5, 0.6) is 0 Å². The number of carbonyl (C=O) groups is 3. The van der Waals surface area contributed by atoms with Gasteiger partial charge in [0.25, 0.3) is 11.8 Å². The lowest BCUT2D eigenvalue weighted by atomic mass is 9.96. The molecule has 1 saturated heterocycles. The second-order valence-electron chi connectivity index (χ2n) is 7.21. The van der Waals surface area contributed by atoms with Crippen molar-refractivity contribution in [2.24, 2.45) is 5.92 Å². The molecule has 4 amide bonds. The second-order valence-corrected chi connectivity index (χ2v) is 7.21. The summed E-state index contributed by atoms with van der Waals surface area (Å²) in [7, 11) is 3.54. The minimum absolute atomic E-state index is 0.116. The van der Waals surface area contributed by atoms with E-state index in [2.05, 4.69) is 10.6 Å². The number of amides is 4. The molecule has 7 nitrogen and oxygen atoms in total. The maximum absolute atomic E-state index is 12.6. The van der Waals surface area contributed by atoms with Gasteiger partial charge in [0.05, 0.1) is 7.05 Å². The summed E-state index contributed by atoms with van der Waals surface area (Å²) in [5.74, 6) is 0.0341. The molecule has 3 rings (SSSR count). The highest BCUT2D eigenvalue weighted by Gasteiger charge is 2.56. The van der Waals surface area contributed by atoms with Crippen LogP contribution < -0.4 is 15.5 Å². The molecule has 1 saturated carbocycles. The molecule has 2 aliphatic rings. The summed E-state index contributed by atoms with van der Waals surface area (Å²) < 4.78 is 0. The molecule has 0 aromatic heterocycles. The first-order chi connectivity index (χ1) is 11.8. The number of benzene rings is 1. The predicted molar refractivity (Wildman–Crippen MR) is 91.8 cm³/mol. The highest BCUT2D eigenvalue weighted by molar-refractivity contribution is 6.07. The first-order valence-electron chi connectivity index (χ1n) is 8.61. The van der Waals surface area contributed by atoms with Crippen LogP contribution in [0, 0.1) is 5.92 Å². The van der Waals surface area contributed by atoms with Crippen molar-refractivity contribution in [1.82, 2.24) is 15.5 Å². The largest absolute Gasteiger partial charge is 0.355 e. The maximum atomic E-state index is 12.6. The molecule has 1 aromatic carbocycles. The molecule has 2 fully saturated rings. The summed E-state index contributed by atoms with van der Waals surface area (Å²) in [5.41, 5.74) is 0.923. The SMILES string of the molecule is CNC(=O)c1ccc(C[NH+](C)CN2C(=O)N[C@](C)(C3CC3)C2=O)cc1. The molecular weight excluding hydrogens is 320 g/mol. The molecule has 1 aliphatic heterocycles. The number of rotatable bonds is 6. The van der Waals surface area contributed by atoms with Crippen LogP contribution in [0.4, 0.5) is 4.79 Å². The van der Waals surface area contributed by atoms with Crippen LogP contribution in [0.3, 0.4) is 0 Å². The average Bonchev–Trinajstić information content (AvgIpc) is 3.41. The molecule has 134 valence electrons. The summed E-state index contributed by atoms with van der Waals surface area (Å²) >= 11 is 0. The Hall–Kier alpha value is -2.41. The van der Waals surface area contributed by atoms with Gasteiger partial charge in [-0.05, 0) is 37.8 Å². The molecule has 0 radical (unpaired) electrons. The lowest BCUT2D eigenvalue weighted by Gasteiger charge is -2.22. The molecule has 25 heavy (non-hydrogen) atoms. The first-order valence-corrected chi connectivity index (χ1v) is 8.61. The minimum atomic E-state index is -0.730. The Labute approximate surface area is 147 Å². The van der Waals surface area contributed by atoms with Crippen LogP contribution in [-0.2, 0) is 11.3 Å². The van der Waals surface area contributed by atoms with Gasteiger partial charge in [-0.25, -0.2) is 9.69 Å². The highest BCUT2D eigenvalue weighted by atomic mass is 16.2. The van der Waals surface area contributed by atoms with Crippen molar-refractivity contribution in [2.45, 2.75) is 31.8 Å². The summed E-state index contributed by atoms with van der Waals surface area (Å²) in [6.45, 7) is 2.81. The van der Waals surface area contributed by atoms with Gasteiger partial charge in [-0.3, -0.25) is 9.59 Å². The Morgan fingerprint density at radius 3 is 2.52 bits per heavy atom. The van der Waals surface area contributed by atoms with Crippen molar-refractivity contribution >= 4 is 17.8 Å². The van der Waals surface area contributed by atoms with Crippen molar-refractivity contribution < 1.29 is 19.3 Å². The van der Waals surface area contributed by atoms with Crippen LogP contribution in [0.1, 0.15) is 35.7 Å². The van der Waals surface area contributed by atoms with Gasteiger partial charge in [-0.15, -0.1) is 0 Å². The van der Waals surface area contributed by atoms with Gasteiger partial charge in [-0.2, -0.15) is 0 Å². The number of quaternary nitrogens is 1. The summed E-state index contributed by atoms with van der Waals surface area (Å²) in [5, 5.41) is 5.46. The molecule has 1 aliphatic carbocycles. The van der Waals surface area contributed by atoms with E-state index in [-0.39, 0.29) is 23.8 Å². The number of nitrogens with one attached hydrogen (secondary N) is 3. The van der Waals surface area contributed by atoms with Crippen LogP contribution in [0.25, 0.3) is 0 Å². The van der Waals surface area contributed by atoms with Gasteiger partial charge in [0.1, 0.15) is 12.1 Å². The third-order valence-electron chi connectivity index (χ3n) is 5.07. The number of urea groups is 1. The highest BCUT2D eigenvalue weighted by Crippen LogP contribution is 2.42. The number of nitrogens with zero attached hydrogens (tertiary/aromatic N) is 1. The normalized spacial score (nSPS) is 24.2. The van der Waals surface area contributed by atoms with E-state index in [1.54, 1.807) is 19.2 Å². The Morgan fingerprint density at radius 2 is 1.96 bits per heavy atom. The minimum Gasteiger partial charge on any atom is -0.355 e. The first kappa shape index (κ1) is 17.4. The van der Waals surface area contributed by atoms with E-state index in [0.29, 0.717) is 18.8 Å². The van der Waals surface area contributed by atoms with Crippen molar-refractivity contribution in [3.63, 3.8) is 0 Å². The maximum Gasteiger partial charge on any atom is 0.329 e. The van der Waals surface area contributed by atoms with Crippen LogP contribution in [-0.4, -0.2) is 49.0 Å². The fourth-order valence-electron chi connectivity index (χ4n) is 3.39. The molecule has 1 heterocycles. The molecule has 1 unspecified atom stereocenters. The van der Waals surface area contributed by atoms with Crippen molar-refractivity contribution in [1.29, 1.82) is 0 Å². The van der Waals surface area contributed by atoms with E-state index < -0.39 is 5.54 Å². The van der Waals surface area contributed by atoms with Crippen molar-refractivity contribution in [2.75, 3.05) is 20.8 Å². The lowest BCUT2D eigenvalue weighted by molar-refractivity contribution is -0.901. The van der Waals surface area contributed by atoms with E-state index in [1.165, 1.54) is 4.90 Å². The van der Waals surface area contributed by atoms with Crippen molar-refractivity contribution in [3.05, 3.63) is 35.4 Å². The third kappa shape index (κ3) is 3.37. The zero-order chi connectivity index (χ0) is 18.2. The third-order valence-corrected chi connectivity index (χ3v) is 5.07. The van der Waals surface area contributed by atoms with Crippen LogP contribution >= 0.6 is 0 Å². The average molecular weight is 345 g/mol. The van der Waals surface area contributed by atoms with Gasteiger partial charge in [0.2, 0.25) is 0 Å². The monoisotopic (exact) mass is 345 g/mol. The summed E-state index contributed by atoms with van der Waals surface area (Å²) in [6, 6.07) is 7.05. The van der Waals surface area contributed by atoms with Gasteiger partial charge < -0.3 is 15.5 Å². The van der Waals surface area contributed by atoms with Crippen LogP contribution in [0.2, 0.25) is 0 Å².